The molecule has 1 aliphatic heterocycles. The van der Waals surface area contributed by atoms with Crippen LogP contribution in [0.1, 0.15) is 5.56 Å². The Kier molecular flexibility index (Phi) is 5.79. The molecule has 2 aromatic rings. The van der Waals surface area contributed by atoms with Crippen molar-refractivity contribution in [3.8, 4) is 5.75 Å². The number of rotatable bonds is 5. The van der Waals surface area contributed by atoms with E-state index in [1.54, 1.807) is 7.11 Å². The molecule has 5 nitrogen and oxygen atoms in total. The summed E-state index contributed by atoms with van der Waals surface area (Å²) >= 11 is 6.40. The number of methoxy groups -OCH3 is 1. The van der Waals surface area contributed by atoms with E-state index in [-0.39, 0.29) is 12.3 Å². The summed E-state index contributed by atoms with van der Waals surface area (Å²) in [4.78, 5) is 14.7. The third-order valence-electron chi connectivity index (χ3n) is 4.13. The first-order valence-electron chi connectivity index (χ1n) is 8.22. The molecule has 0 bridgehead atoms. The minimum atomic E-state index is -0.110. The first kappa shape index (κ1) is 17.6. The minimum absolute atomic E-state index is 0.110. The first-order valence-corrected chi connectivity index (χ1v) is 8.60. The standard InChI is InChI=1S/C19H21ClN2O3/c1-24-17-8-3-2-5-14(17)13-18(23)21-16-7-4-6-15(20)19(16)22-9-11-25-12-10-22/h2-8H,9-13H2,1H3,(H,21,23). The highest BCUT2D eigenvalue weighted by Crippen LogP contribution is 2.34. The third-order valence-corrected chi connectivity index (χ3v) is 4.44. The lowest BCUT2D eigenvalue weighted by Crippen LogP contribution is -2.37. The van der Waals surface area contributed by atoms with Gasteiger partial charge in [0.15, 0.2) is 0 Å². The molecular weight excluding hydrogens is 340 g/mol. The number of carbonyl (C=O) groups excluding carboxylic acids is 1. The number of anilines is 2. The third kappa shape index (κ3) is 4.24. The number of nitrogens with zero attached hydrogens (tertiary/aromatic N) is 1. The van der Waals surface area contributed by atoms with Gasteiger partial charge in [-0.2, -0.15) is 0 Å². The number of morpholine rings is 1. The Balaban J connectivity index is 1.78. The van der Waals surface area contributed by atoms with E-state index in [2.05, 4.69) is 10.2 Å². The van der Waals surface area contributed by atoms with Crippen molar-refractivity contribution in [1.82, 2.24) is 0 Å². The zero-order chi connectivity index (χ0) is 17.6. The van der Waals surface area contributed by atoms with Crippen molar-refractivity contribution in [2.24, 2.45) is 0 Å². The Morgan fingerprint density at radius 2 is 1.96 bits per heavy atom. The summed E-state index contributed by atoms with van der Waals surface area (Å²) in [5.41, 5.74) is 2.41. The van der Waals surface area contributed by atoms with Gasteiger partial charge in [0.05, 0.1) is 43.1 Å². The van der Waals surface area contributed by atoms with Gasteiger partial charge >= 0.3 is 0 Å². The summed E-state index contributed by atoms with van der Waals surface area (Å²) in [6.45, 7) is 2.80. The number of para-hydroxylation sites is 2. The maximum absolute atomic E-state index is 12.5. The maximum Gasteiger partial charge on any atom is 0.228 e. The second kappa shape index (κ2) is 8.23. The van der Waals surface area contributed by atoms with Crippen LogP contribution in [0.15, 0.2) is 42.5 Å². The van der Waals surface area contributed by atoms with Crippen LogP contribution in [0.3, 0.4) is 0 Å². The quantitative estimate of drug-likeness (QED) is 0.888. The normalized spacial score (nSPS) is 14.2. The molecule has 0 saturated carbocycles. The molecule has 6 heteroatoms. The van der Waals surface area contributed by atoms with E-state index >= 15 is 0 Å². The molecule has 0 radical (unpaired) electrons. The lowest BCUT2D eigenvalue weighted by atomic mass is 10.1. The minimum Gasteiger partial charge on any atom is -0.496 e. The molecule has 132 valence electrons. The van der Waals surface area contributed by atoms with Crippen molar-refractivity contribution in [3.63, 3.8) is 0 Å². The largest absolute Gasteiger partial charge is 0.496 e. The van der Waals surface area contributed by atoms with Crippen molar-refractivity contribution in [1.29, 1.82) is 0 Å². The molecule has 1 heterocycles. The Morgan fingerprint density at radius 3 is 2.72 bits per heavy atom. The molecule has 0 spiro atoms. The van der Waals surface area contributed by atoms with Crippen molar-refractivity contribution in [3.05, 3.63) is 53.1 Å². The maximum atomic E-state index is 12.5. The summed E-state index contributed by atoms with van der Waals surface area (Å²) in [6.07, 6.45) is 0.235. The number of nitrogens with one attached hydrogen (secondary N) is 1. The number of amides is 1. The summed E-state index contributed by atoms with van der Waals surface area (Å²) in [5, 5.41) is 3.61. The number of carbonyl (C=O) groups is 1. The Morgan fingerprint density at radius 1 is 1.20 bits per heavy atom. The van der Waals surface area contributed by atoms with Gasteiger partial charge in [0.2, 0.25) is 5.91 Å². The fourth-order valence-electron chi connectivity index (χ4n) is 2.94. The highest BCUT2D eigenvalue weighted by molar-refractivity contribution is 6.34. The van der Waals surface area contributed by atoms with Crippen LogP contribution in [0.25, 0.3) is 0 Å². The molecule has 0 aromatic heterocycles. The van der Waals surface area contributed by atoms with Gasteiger partial charge < -0.3 is 19.7 Å². The van der Waals surface area contributed by atoms with Crippen molar-refractivity contribution >= 4 is 28.9 Å². The molecule has 3 rings (SSSR count). The number of hydrogen-bond donors (Lipinski definition) is 1. The van der Waals surface area contributed by atoms with Crippen LogP contribution in [-0.2, 0) is 16.0 Å². The van der Waals surface area contributed by atoms with Crippen LogP contribution in [0.5, 0.6) is 5.75 Å². The Labute approximate surface area is 152 Å². The Hall–Kier alpha value is -2.24. The van der Waals surface area contributed by atoms with Gasteiger partial charge in [-0.1, -0.05) is 35.9 Å². The molecule has 1 N–H and O–H groups in total. The van der Waals surface area contributed by atoms with Gasteiger partial charge in [-0.3, -0.25) is 4.79 Å². The van der Waals surface area contributed by atoms with Gasteiger partial charge in [-0.15, -0.1) is 0 Å². The van der Waals surface area contributed by atoms with Gasteiger partial charge in [-0.05, 0) is 18.2 Å². The number of benzene rings is 2. The smallest absolute Gasteiger partial charge is 0.228 e. The molecule has 0 aliphatic carbocycles. The van der Waals surface area contributed by atoms with Crippen molar-refractivity contribution < 1.29 is 14.3 Å². The average Bonchev–Trinajstić information content (AvgIpc) is 2.63. The van der Waals surface area contributed by atoms with E-state index in [0.717, 1.165) is 24.3 Å². The molecular formula is C19H21ClN2O3. The molecule has 1 aliphatic rings. The predicted molar refractivity (Wildman–Crippen MR) is 99.8 cm³/mol. The molecule has 0 unspecified atom stereocenters. The van der Waals surface area contributed by atoms with E-state index < -0.39 is 0 Å². The van der Waals surface area contributed by atoms with Crippen LogP contribution >= 0.6 is 11.6 Å². The van der Waals surface area contributed by atoms with Gasteiger partial charge in [0.1, 0.15) is 5.75 Å². The van der Waals surface area contributed by atoms with E-state index in [0.29, 0.717) is 29.7 Å². The zero-order valence-electron chi connectivity index (χ0n) is 14.1. The number of ether oxygens (including phenoxy) is 2. The summed E-state index contributed by atoms with van der Waals surface area (Å²) in [6, 6.07) is 13.1. The topological polar surface area (TPSA) is 50.8 Å². The molecule has 1 saturated heterocycles. The fraction of sp³-hybridized carbons (Fsp3) is 0.316. The fourth-order valence-corrected chi connectivity index (χ4v) is 3.24. The first-order chi connectivity index (χ1) is 12.2. The monoisotopic (exact) mass is 360 g/mol. The van der Waals surface area contributed by atoms with Gasteiger partial charge in [0.25, 0.3) is 0 Å². The van der Waals surface area contributed by atoms with Crippen molar-refractivity contribution in [2.75, 3.05) is 43.6 Å². The van der Waals surface area contributed by atoms with Crippen LogP contribution in [0, 0.1) is 0 Å². The van der Waals surface area contributed by atoms with Gasteiger partial charge in [0, 0.05) is 18.7 Å². The highest BCUT2D eigenvalue weighted by atomic mass is 35.5. The van der Waals surface area contributed by atoms with E-state index in [1.165, 1.54) is 0 Å². The zero-order valence-corrected chi connectivity index (χ0v) is 14.9. The second-order valence-electron chi connectivity index (χ2n) is 5.77. The van der Waals surface area contributed by atoms with Crippen LogP contribution in [0.2, 0.25) is 5.02 Å². The van der Waals surface area contributed by atoms with Crippen LogP contribution in [-0.4, -0.2) is 39.3 Å². The van der Waals surface area contributed by atoms with E-state index in [9.17, 15) is 4.79 Å². The summed E-state index contributed by atoms with van der Waals surface area (Å²) < 4.78 is 10.7. The lowest BCUT2D eigenvalue weighted by Gasteiger charge is -2.31. The van der Waals surface area contributed by atoms with Crippen LogP contribution < -0.4 is 15.0 Å². The van der Waals surface area contributed by atoms with Crippen LogP contribution in [0.4, 0.5) is 11.4 Å². The van der Waals surface area contributed by atoms with E-state index in [1.807, 2.05) is 42.5 Å². The van der Waals surface area contributed by atoms with E-state index in [4.69, 9.17) is 21.1 Å². The number of hydrogen-bond acceptors (Lipinski definition) is 4. The molecule has 1 amide bonds. The predicted octanol–water partition coefficient (Wildman–Crippen LogP) is 3.37. The molecule has 2 aromatic carbocycles. The molecule has 1 fully saturated rings. The average molecular weight is 361 g/mol. The second-order valence-corrected chi connectivity index (χ2v) is 6.18. The van der Waals surface area contributed by atoms with Gasteiger partial charge in [-0.25, -0.2) is 0 Å². The molecule has 25 heavy (non-hydrogen) atoms. The van der Waals surface area contributed by atoms with Crippen molar-refractivity contribution in [2.45, 2.75) is 6.42 Å². The molecule has 0 atom stereocenters. The Bertz CT molecular complexity index is 745. The summed E-state index contributed by atoms with van der Waals surface area (Å²) in [7, 11) is 1.60. The lowest BCUT2D eigenvalue weighted by molar-refractivity contribution is -0.115. The summed E-state index contributed by atoms with van der Waals surface area (Å²) in [5.74, 6) is 0.596. The number of halogens is 1. The highest BCUT2D eigenvalue weighted by Gasteiger charge is 2.19. The SMILES string of the molecule is COc1ccccc1CC(=O)Nc1cccc(Cl)c1N1CCOCC1.